The highest BCUT2D eigenvalue weighted by Crippen LogP contribution is 2.33. The van der Waals surface area contributed by atoms with Gasteiger partial charge in [0.15, 0.2) is 11.5 Å². The summed E-state index contributed by atoms with van der Waals surface area (Å²) in [7, 11) is 0. The molecular weight excluding hydrogens is 544 g/mol. The third-order valence-corrected chi connectivity index (χ3v) is 7.95. The Hall–Kier alpha value is -3.60. The summed E-state index contributed by atoms with van der Waals surface area (Å²) in [4.78, 5) is 0. The topological polar surface area (TPSA) is 47.9 Å². The third kappa shape index (κ3) is 13.0. The molecule has 1 atom stereocenters. The standard InChI is InChI=1S/C40H50O4/c41-38(26-18-7-5-3-1-2-4-6-8-19-29-42-31-34-20-12-9-13-21-34)37-27-28-39(43-32-35-22-14-10-15-23-35)40(30-37)44-33-36-24-16-11-17-25-36/h9-17,20-25,27-28,30,38,41H,1-8,18-19,26,29,31-33H2. The van der Waals surface area contributed by atoms with Crippen molar-refractivity contribution in [3.63, 3.8) is 0 Å². The van der Waals surface area contributed by atoms with Crippen LogP contribution in [0, 0.1) is 0 Å². The van der Waals surface area contributed by atoms with Crippen LogP contribution in [0.25, 0.3) is 0 Å². The summed E-state index contributed by atoms with van der Waals surface area (Å²) in [6, 6.07) is 36.5. The van der Waals surface area contributed by atoms with Crippen LogP contribution in [-0.2, 0) is 24.6 Å². The lowest BCUT2D eigenvalue weighted by Gasteiger charge is -2.17. The lowest BCUT2D eigenvalue weighted by atomic mass is 10.0. The SMILES string of the molecule is OC(CCCCCCCCCCCCOCc1ccccc1)c1ccc(OCc2ccccc2)c(OCc2ccccc2)c1. The molecule has 4 nitrogen and oxygen atoms in total. The minimum Gasteiger partial charge on any atom is -0.485 e. The Morgan fingerprint density at radius 2 is 0.909 bits per heavy atom. The Labute approximate surface area is 265 Å². The first-order chi connectivity index (χ1) is 21.8. The van der Waals surface area contributed by atoms with Crippen molar-refractivity contribution in [3.05, 3.63) is 131 Å². The Balaban J connectivity index is 1.09. The fraction of sp³-hybridized carbons (Fsp3) is 0.400. The van der Waals surface area contributed by atoms with Crippen LogP contribution in [0.4, 0.5) is 0 Å². The van der Waals surface area contributed by atoms with Crippen LogP contribution in [0.5, 0.6) is 11.5 Å². The molecule has 0 heterocycles. The quantitative estimate of drug-likeness (QED) is 0.0920. The molecule has 0 saturated carbocycles. The van der Waals surface area contributed by atoms with Gasteiger partial charge >= 0.3 is 0 Å². The van der Waals surface area contributed by atoms with E-state index in [9.17, 15) is 5.11 Å². The molecule has 1 unspecified atom stereocenters. The number of hydrogen-bond donors (Lipinski definition) is 1. The number of hydrogen-bond acceptors (Lipinski definition) is 4. The smallest absolute Gasteiger partial charge is 0.162 e. The summed E-state index contributed by atoms with van der Waals surface area (Å²) in [5, 5.41) is 11.0. The molecule has 0 spiro atoms. The Morgan fingerprint density at radius 3 is 1.45 bits per heavy atom. The van der Waals surface area contributed by atoms with E-state index in [0.29, 0.717) is 24.7 Å². The minimum atomic E-state index is -0.506. The lowest BCUT2D eigenvalue weighted by molar-refractivity contribution is 0.116. The van der Waals surface area contributed by atoms with Crippen molar-refractivity contribution in [3.8, 4) is 11.5 Å². The van der Waals surface area contributed by atoms with E-state index in [4.69, 9.17) is 14.2 Å². The largest absolute Gasteiger partial charge is 0.485 e. The van der Waals surface area contributed by atoms with Gasteiger partial charge in [0.1, 0.15) is 13.2 Å². The number of ether oxygens (including phenoxy) is 3. The van der Waals surface area contributed by atoms with Crippen LogP contribution >= 0.6 is 0 Å². The lowest BCUT2D eigenvalue weighted by Crippen LogP contribution is -2.03. The summed E-state index contributed by atoms with van der Waals surface area (Å²) < 4.78 is 18.1. The molecule has 0 bridgehead atoms. The zero-order chi connectivity index (χ0) is 30.5. The van der Waals surface area contributed by atoms with Crippen LogP contribution < -0.4 is 9.47 Å². The first kappa shape index (κ1) is 33.3. The van der Waals surface area contributed by atoms with Gasteiger partial charge in [0, 0.05) is 6.61 Å². The molecule has 44 heavy (non-hydrogen) atoms. The zero-order valence-electron chi connectivity index (χ0n) is 26.2. The van der Waals surface area contributed by atoms with Crippen LogP contribution in [0.2, 0.25) is 0 Å². The second-order valence-corrected chi connectivity index (χ2v) is 11.6. The van der Waals surface area contributed by atoms with Gasteiger partial charge < -0.3 is 19.3 Å². The number of aliphatic hydroxyl groups is 1. The van der Waals surface area contributed by atoms with Crippen molar-refractivity contribution in [1.29, 1.82) is 0 Å². The van der Waals surface area contributed by atoms with E-state index in [-0.39, 0.29) is 0 Å². The summed E-state index contributed by atoms with van der Waals surface area (Å²) in [6.07, 6.45) is 12.6. The van der Waals surface area contributed by atoms with Gasteiger partial charge in [0.25, 0.3) is 0 Å². The molecule has 0 fully saturated rings. The van der Waals surface area contributed by atoms with Crippen molar-refractivity contribution >= 4 is 0 Å². The van der Waals surface area contributed by atoms with Crippen molar-refractivity contribution in [2.24, 2.45) is 0 Å². The predicted octanol–water partition coefficient (Wildman–Crippen LogP) is 10.4. The first-order valence-electron chi connectivity index (χ1n) is 16.5. The summed E-state index contributed by atoms with van der Waals surface area (Å²) in [6.45, 7) is 2.49. The molecule has 0 saturated heterocycles. The van der Waals surface area contributed by atoms with Gasteiger partial charge in [-0.25, -0.2) is 0 Å². The summed E-state index contributed by atoms with van der Waals surface area (Å²) >= 11 is 0. The molecule has 0 aliphatic carbocycles. The minimum absolute atomic E-state index is 0.450. The number of aliphatic hydroxyl groups excluding tert-OH is 1. The number of benzene rings is 4. The zero-order valence-corrected chi connectivity index (χ0v) is 26.2. The average Bonchev–Trinajstić information content (AvgIpc) is 3.08. The van der Waals surface area contributed by atoms with Gasteiger partial charge in [-0.1, -0.05) is 155 Å². The second-order valence-electron chi connectivity index (χ2n) is 11.6. The van der Waals surface area contributed by atoms with Crippen LogP contribution in [0.1, 0.15) is 99.0 Å². The van der Waals surface area contributed by atoms with Gasteiger partial charge in [-0.2, -0.15) is 0 Å². The third-order valence-electron chi connectivity index (χ3n) is 7.95. The maximum atomic E-state index is 11.0. The summed E-state index contributed by atoms with van der Waals surface area (Å²) in [5.41, 5.74) is 4.33. The molecule has 1 N–H and O–H groups in total. The van der Waals surface area contributed by atoms with E-state index in [2.05, 4.69) is 36.4 Å². The second kappa shape index (κ2) is 20.4. The van der Waals surface area contributed by atoms with Crippen LogP contribution in [-0.4, -0.2) is 11.7 Å². The highest BCUT2D eigenvalue weighted by Gasteiger charge is 2.13. The molecule has 0 aromatic heterocycles. The van der Waals surface area contributed by atoms with E-state index in [0.717, 1.165) is 55.6 Å². The Morgan fingerprint density at radius 1 is 0.455 bits per heavy atom. The number of rotatable bonds is 22. The first-order valence-corrected chi connectivity index (χ1v) is 16.5. The van der Waals surface area contributed by atoms with E-state index < -0.39 is 6.10 Å². The molecule has 0 radical (unpaired) electrons. The monoisotopic (exact) mass is 594 g/mol. The van der Waals surface area contributed by atoms with Crippen molar-refractivity contribution in [2.75, 3.05) is 6.61 Å². The van der Waals surface area contributed by atoms with Crippen LogP contribution in [0.3, 0.4) is 0 Å². The molecule has 0 aliphatic rings. The van der Waals surface area contributed by atoms with Crippen molar-refractivity contribution in [2.45, 2.75) is 96.6 Å². The van der Waals surface area contributed by atoms with Crippen molar-refractivity contribution in [1.82, 2.24) is 0 Å². The molecule has 4 aromatic carbocycles. The Bertz CT molecular complexity index is 1280. The molecule has 0 aliphatic heterocycles. The molecule has 0 amide bonds. The van der Waals surface area contributed by atoms with Crippen molar-refractivity contribution < 1.29 is 19.3 Å². The van der Waals surface area contributed by atoms with Crippen LogP contribution in [0.15, 0.2) is 109 Å². The van der Waals surface area contributed by atoms with Gasteiger partial charge in [-0.3, -0.25) is 0 Å². The van der Waals surface area contributed by atoms with Gasteiger partial charge in [-0.05, 0) is 47.2 Å². The van der Waals surface area contributed by atoms with Gasteiger partial charge in [-0.15, -0.1) is 0 Å². The van der Waals surface area contributed by atoms with Gasteiger partial charge in [0.2, 0.25) is 0 Å². The average molecular weight is 595 g/mol. The molecule has 4 rings (SSSR count). The predicted molar refractivity (Wildman–Crippen MR) is 180 cm³/mol. The normalized spacial score (nSPS) is 11.8. The highest BCUT2D eigenvalue weighted by molar-refractivity contribution is 5.44. The van der Waals surface area contributed by atoms with E-state index in [1.807, 2.05) is 72.8 Å². The van der Waals surface area contributed by atoms with E-state index in [1.165, 1.54) is 50.5 Å². The molecule has 4 aromatic rings. The Kier molecular flexibility index (Phi) is 15.4. The molecule has 4 heteroatoms. The fourth-order valence-electron chi connectivity index (χ4n) is 5.32. The van der Waals surface area contributed by atoms with Gasteiger partial charge in [0.05, 0.1) is 12.7 Å². The number of unbranched alkanes of at least 4 members (excludes halogenated alkanes) is 9. The van der Waals surface area contributed by atoms with E-state index in [1.54, 1.807) is 0 Å². The molecule has 234 valence electrons. The molecular formula is C40H50O4. The maximum absolute atomic E-state index is 11.0. The highest BCUT2D eigenvalue weighted by atomic mass is 16.5. The fourth-order valence-corrected chi connectivity index (χ4v) is 5.32. The van der Waals surface area contributed by atoms with E-state index >= 15 is 0 Å². The summed E-state index contributed by atoms with van der Waals surface area (Å²) in [5.74, 6) is 1.36. The maximum Gasteiger partial charge on any atom is 0.162 e.